The molecule has 0 saturated carbocycles. The molecule has 2 aromatic carbocycles. The smallest absolute Gasteiger partial charge is 0.339 e. The van der Waals surface area contributed by atoms with Crippen LogP contribution in [0.5, 0.6) is 11.5 Å². The van der Waals surface area contributed by atoms with Gasteiger partial charge in [0, 0.05) is 0 Å². The average molecular weight is 277 g/mol. The van der Waals surface area contributed by atoms with Gasteiger partial charge in [0.15, 0.2) is 0 Å². The van der Waals surface area contributed by atoms with Crippen molar-refractivity contribution in [3.63, 3.8) is 0 Å². The minimum atomic E-state index is -1.23. The van der Waals surface area contributed by atoms with Gasteiger partial charge in [-0.15, -0.1) is 0 Å². The maximum absolute atomic E-state index is 13.0. The maximum atomic E-state index is 13.0. The van der Waals surface area contributed by atoms with Crippen molar-refractivity contribution < 1.29 is 24.0 Å². The predicted octanol–water partition coefficient (Wildman–Crippen LogP) is 3.22. The Bertz CT molecular complexity index is 686. The van der Waals surface area contributed by atoms with Crippen molar-refractivity contribution in [3.05, 3.63) is 64.0 Å². The van der Waals surface area contributed by atoms with Gasteiger partial charge in [0.05, 0.1) is 11.0 Å². The molecule has 0 fully saturated rings. The first-order valence-electron chi connectivity index (χ1n) is 5.43. The normalized spacial score (nSPS) is 10.1. The number of carboxylic acids is 1. The number of nitro groups is 1. The Morgan fingerprint density at radius 1 is 1.20 bits per heavy atom. The zero-order chi connectivity index (χ0) is 14.7. The van der Waals surface area contributed by atoms with E-state index in [1.54, 1.807) is 0 Å². The Balaban J connectivity index is 2.45. The highest BCUT2D eigenvalue weighted by molar-refractivity contribution is 5.91. The molecule has 0 aliphatic heterocycles. The molecule has 0 amide bonds. The fourth-order valence-corrected chi connectivity index (χ4v) is 1.57. The summed E-state index contributed by atoms with van der Waals surface area (Å²) < 4.78 is 18.2. The van der Waals surface area contributed by atoms with Gasteiger partial charge in [0.2, 0.25) is 5.75 Å². The lowest BCUT2D eigenvalue weighted by Gasteiger charge is -2.08. The highest BCUT2D eigenvalue weighted by Gasteiger charge is 2.19. The van der Waals surface area contributed by atoms with Crippen LogP contribution >= 0.6 is 0 Å². The van der Waals surface area contributed by atoms with Crippen LogP contribution in [0.3, 0.4) is 0 Å². The van der Waals surface area contributed by atoms with Gasteiger partial charge in [-0.3, -0.25) is 10.1 Å². The first kappa shape index (κ1) is 13.5. The number of rotatable bonds is 4. The van der Waals surface area contributed by atoms with Gasteiger partial charge in [0.25, 0.3) is 0 Å². The number of ether oxygens (including phenoxy) is 1. The molecule has 2 aromatic rings. The van der Waals surface area contributed by atoms with E-state index in [0.29, 0.717) is 6.07 Å². The monoisotopic (exact) mass is 277 g/mol. The summed E-state index contributed by atoms with van der Waals surface area (Å²) in [5.74, 6) is -2.30. The van der Waals surface area contributed by atoms with Crippen LogP contribution in [0.2, 0.25) is 0 Å². The lowest BCUT2D eigenvalue weighted by Crippen LogP contribution is -2.01. The number of carboxylic acid groups (broad SMARTS) is 1. The van der Waals surface area contributed by atoms with Crippen LogP contribution in [0.25, 0.3) is 0 Å². The van der Waals surface area contributed by atoms with E-state index >= 15 is 0 Å². The van der Waals surface area contributed by atoms with E-state index in [1.807, 2.05) is 0 Å². The van der Waals surface area contributed by atoms with Crippen molar-refractivity contribution in [2.24, 2.45) is 0 Å². The lowest BCUT2D eigenvalue weighted by atomic mass is 10.2. The van der Waals surface area contributed by atoms with Crippen molar-refractivity contribution in [2.75, 3.05) is 0 Å². The molecule has 2 rings (SSSR count). The van der Waals surface area contributed by atoms with Crippen molar-refractivity contribution in [1.82, 2.24) is 0 Å². The molecule has 0 aliphatic carbocycles. The summed E-state index contributed by atoms with van der Waals surface area (Å²) in [5.41, 5.74) is -0.726. The molecule has 1 N–H and O–H groups in total. The van der Waals surface area contributed by atoms with Gasteiger partial charge in [-0.25, -0.2) is 9.18 Å². The summed E-state index contributed by atoms with van der Waals surface area (Å²) in [6.07, 6.45) is 0. The van der Waals surface area contributed by atoms with Crippen molar-refractivity contribution in [1.29, 1.82) is 0 Å². The first-order chi connectivity index (χ1) is 9.49. The maximum Gasteiger partial charge on any atom is 0.339 e. The topological polar surface area (TPSA) is 89.7 Å². The summed E-state index contributed by atoms with van der Waals surface area (Å²) in [7, 11) is 0. The number of carbonyl (C=O) groups is 1. The number of hydrogen-bond acceptors (Lipinski definition) is 4. The standard InChI is InChI=1S/C13H8FNO5/c14-8-5-6-12(10(7-8)15(18)19)20-11-4-2-1-3-9(11)13(16)17/h1-7H,(H,16,17). The second-order valence-electron chi connectivity index (χ2n) is 3.77. The lowest BCUT2D eigenvalue weighted by molar-refractivity contribution is -0.385. The molecule has 0 radical (unpaired) electrons. The zero-order valence-electron chi connectivity index (χ0n) is 9.95. The van der Waals surface area contributed by atoms with E-state index in [9.17, 15) is 19.3 Å². The molecule has 0 bridgehead atoms. The fourth-order valence-electron chi connectivity index (χ4n) is 1.57. The Hall–Kier alpha value is -2.96. The van der Waals surface area contributed by atoms with Gasteiger partial charge in [-0.1, -0.05) is 12.1 Å². The minimum absolute atomic E-state index is 0.0605. The SMILES string of the molecule is O=C(O)c1ccccc1Oc1ccc(F)cc1[N+](=O)[O-]. The number of benzene rings is 2. The van der Waals surface area contributed by atoms with Crippen LogP contribution in [0, 0.1) is 15.9 Å². The molecule has 20 heavy (non-hydrogen) atoms. The molecular weight excluding hydrogens is 269 g/mol. The van der Waals surface area contributed by atoms with Crippen molar-refractivity contribution >= 4 is 11.7 Å². The van der Waals surface area contributed by atoms with E-state index < -0.39 is 22.4 Å². The Labute approximate surface area is 112 Å². The van der Waals surface area contributed by atoms with Crippen molar-refractivity contribution in [3.8, 4) is 11.5 Å². The molecule has 6 nitrogen and oxygen atoms in total. The number of halogens is 1. The highest BCUT2D eigenvalue weighted by atomic mass is 19.1. The van der Waals surface area contributed by atoms with E-state index in [-0.39, 0.29) is 17.1 Å². The van der Waals surface area contributed by atoms with Crippen LogP contribution in [0.1, 0.15) is 10.4 Å². The molecule has 102 valence electrons. The van der Waals surface area contributed by atoms with Crippen LogP contribution in [0.15, 0.2) is 42.5 Å². The molecule has 7 heteroatoms. The van der Waals surface area contributed by atoms with Gasteiger partial charge in [-0.05, 0) is 24.3 Å². The van der Waals surface area contributed by atoms with Gasteiger partial charge >= 0.3 is 11.7 Å². The Kier molecular flexibility index (Phi) is 3.60. The highest BCUT2D eigenvalue weighted by Crippen LogP contribution is 2.33. The zero-order valence-corrected chi connectivity index (χ0v) is 9.95. The van der Waals surface area contributed by atoms with Crippen LogP contribution in [-0.2, 0) is 0 Å². The number of nitro benzene ring substituents is 1. The van der Waals surface area contributed by atoms with Crippen LogP contribution in [-0.4, -0.2) is 16.0 Å². The first-order valence-corrected chi connectivity index (χ1v) is 5.43. The minimum Gasteiger partial charge on any atom is -0.478 e. The summed E-state index contributed by atoms with van der Waals surface area (Å²) in [6, 6.07) is 8.45. The quantitative estimate of drug-likeness (QED) is 0.684. The van der Waals surface area contributed by atoms with E-state index in [4.69, 9.17) is 9.84 Å². The summed E-state index contributed by atoms with van der Waals surface area (Å²) in [4.78, 5) is 21.0. The second-order valence-corrected chi connectivity index (χ2v) is 3.77. The molecule has 0 unspecified atom stereocenters. The van der Waals surface area contributed by atoms with Gasteiger partial charge in [-0.2, -0.15) is 0 Å². The van der Waals surface area contributed by atoms with Crippen molar-refractivity contribution in [2.45, 2.75) is 0 Å². The number of nitrogens with zero attached hydrogens (tertiary/aromatic N) is 1. The fraction of sp³-hybridized carbons (Fsp3) is 0. The molecule has 0 aliphatic rings. The van der Waals surface area contributed by atoms with Gasteiger partial charge in [0.1, 0.15) is 17.1 Å². The summed E-state index contributed by atoms with van der Waals surface area (Å²) in [6.45, 7) is 0. The third-order valence-electron chi connectivity index (χ3n) is 2.46. The molecule has 0 spiro atoms. The molecule has 0 aromatic heterocycles. The Morgan fingerprint density at radius 3 is 2.55 bits per heavy atom. The number of hydrogen-bond donors (Lipinski definition) is 1. The summed E-state index contributed by atoms with van der Waals surface area (Å²) >= 11 is 0. The molecular formula is C13H8FNO5. The molecule has 0 saturated heterocycles. The summed E-state index contributed by atoms with van der Waals surface area (Å²) in [5, 5.41) is 19.8. The molecule has 0 atom stereocenters. The predicted molar refractivity (Wildman–Crippen MR) is 66.5 cm³/mol. The third kappa shape index (κ3) is 2.72. The third-order valence-corrected chi connectivity index (χ3v) is 2.46. The van der Waals surface area contributed by atoms with E-state index in [2.05, 4.69) is 0 Å². The Morgan fingerprint density at radius 2 is 1.90 bits per heavy atom. The van der Waals surface area contributed by atoms with E-state index in [1.165, 1.54) is 24.3 Å². The number of aromatic carboxylic acids is 1. The second kappa shape index (κ2) is 5.35. The van der Waals surface area contributed by atoms with Gasteiger partial charge < -0.3 is 9.84 Å². The number of para-hydroxylation sites is 1. The van der Waals surface area contributed by atoms with Crippen LogP contribution < -0.4 is 4.74 Å². The van der Waals surface area contributed by atoms with E-state index in [0.717, 1.165) is 12.1 Å². The largest absolute Gasteiger partial charge is 0.478 e. The van der Waals surface area contributed by atoms with Crippen LogP contribution in [0.4, 0.5) is 10.1 Å². The average Bonchev–Trinajstić information content (AvgIpc) is 2.41. The molecule has 0 heterocycles.